The van der Waals surface area contributed by atoms with Gasteiger partial charge in [0, 0.05) is 10.6 Å². The highest BCUT2D eigenvalue weighted by molar-refractivity contribution is 6.36. The summed E-state index contributed by atoms with van der Waals surface area (Å²) in [6.45, 7) is 0. The molecule has 0 fully saturated rings. The molecule has 0 saturated heterocycles. The highest BCUT2D eigenvalue weighted by atomic mass is 35.5. The number of alkyl halides is 3. The van der Waals surface area contributed by atoms with Crippen molar-refractivity contribution in [2.24, 2.45) is 5.10 Å². The molecule has 9 heteroatoms. The molecule has 132 valence electrons. The highest BCUT2D eigenvalue weighted by Crippen LogP contribution is 2.30. The van der Waals surface area contributed by atoms with Crippen molar-refractivity contribution in [3.63, 3.8) is 0 Å². The summed E-state index contributed by atoms with van der Waals surface area (Å²) < 4.78 is 37.9. The first-order chi connectivity index (χ1) is 11.7. The molecule has 0 aliphatic heterocycles. The number of benzene rings is 2. The topological polar surface area (TPSA) is 61.7 Å². The molecule has 1 amide bonds. The Morgan fingerprint density at radius 1 is 1.24 bits per heavy atom. The third-order valence-corrected chi connectivity index (χ3v) is 3.58. The molecule has 0 radical (unpaired) electrons. The Balaban J connectivity index is 2.02. The van der Waals surface area contributed by atoms with E-state index in [-0.39, 0.29) is 33.3 Å². The lowest BCUT2D eigenvalue weighted by atomic mass is 10.1. The Morgan fingerprint density at radius 2 is 1.96 bits per heavy atom. The van der Waals surface area contributed by atoms with Gasteiger partial charge in [0.1, 0.15) is 5.75 Å². The van der Waals surface area contributed by atoms with Crippen LogP contribution in [0.4, 0.5) is 13.2 Å². The predicted molar refractivity (Wildman–Crippen MR) is 89.0 cm³/mol. The third kappa shape index (κ3) is 5.37. The van der Waals surface area contributed by atoms with Gasteiger partial charge >= 0.3 is 6.18 Å². The van der Waals surface area contributed by atoms with Gasteiger partial charge in [-0.05, 0) is 23.8 Å². The predicted octanol–water partition coefficient (Wildman–Crippen LogP) is 4.41. The van der Waals surface area contributed by atoms with Crippen LogP contribution in [0.3, 0.4) is 0 Å². The summed E-state index contributed by atoms with van der Waals surface area (Å²) in [6, 6.07) is 7.16. The molecule has 0 bridgehead atoms. The summed E-state index contributed by atoms with van der Waals surface area (Å²) in [5.41, 5.74) is 1.69. The van der Waals surface area contributed by atoms with Gasteiger partial charge in [-0.25, -0.2) is 5.43 Å². The Morgan fingerprint density at radius 3 is 2.64 bits per heavy atom. The van der Waals surface area contributed by atoms with E-state index >= 15 is 0 Å². The van der Waals surface area contributed by atoms with Gasteiger partial charge < -0.3 is 5.11 Å². The number of amides is 1. The van der Waals surface area contributed by atoms with Crippen LogP contribution < -0.4 is 5.43 Å². The van der Waals surface area contributed by atoms with Gasteiger partial charge in [0.05, 0.1) is 23.2 Å². The average molecular weight is 391 g/mol. The van der Waals surface area contributed by atoms with Crippen LogP contribution in [0.5, 0.6) is 5.75 Å². The zero-order valence-electron chi connectivity index (χ0n) is 12.4. The standard InChI is InChI=1S/C16H11Cl2F3N2O2/c17-12-6-10(15(25)13(18)7-12)8-22-23-14(24)5-9-2-1-3-11(4-9)16(19,20)21/h1-4,6-8,25H,5H2,(H,23,24)/b22-8+. The molecule has 0 unspecified atom stereocenters. The van der Waals surface area contributed by atoms with Crippen molar-refractivity contribution >= 4 is 35.3 Å². The second-order valence-corrected chi connectivity index (χ2v) is 5.84. The summed E-state index contributed by atoms with van der Waals surface area (Å²) in [5.74, 6) is -0.884. The van der Waals surface area contributed by atoms with Crippen molar-refractivity contribution in [2.45, 2.75) is 12.6 Å². The number of nitrogens with zero attached hydrogens (tertiary/aromatic N) is 1. The quantitative estimate of drug-likeness (QED) is 0.599. The molecule has 0 spiro atoms. The van der Waals surface area contributed by atoms with Gasteiger partial charge in [-0.3, -0.25) is 4.79 Å². The first-order valence-electron chi connectivity index (χ1n) is 6.83. The van der Waals surface area contributed by atoms with Crippen molar-refractivity contribution in [2.75, 3.05) is 0 Å². The van der Waals surface area contributed by atoms with E-state index in [0.717, 1.165) is 18.3 Å². The largest absolute Gasteiger partial charge is 0.506 e. The smallest absolute Gasteiger partial charge is 0.416 e. The van der Waals surface area contributed by atoms with E-state index in [9.17, 15) is 23.1 Å². The Hall–Kier alpha value is -2.25. The summed E-state index contributed by atoms with van der Waals surface area (Å²) in [4.78, 5) is 11.8. The summed E-state index contributed by atoms with van der Waals surface area (Å²) in [6.07, 6.45) is -3.64. The molecule has 0 aromatic heterocycles. The number of aromatic hydroxyl groups is 1. The van der Waals surface area contributed by atoms with Crippen LogP contribution in [0, 0.1) is 0 Å². The van der Waals surface area contributed by atoms with Gasteiger partial charge in [0.25, 0.3) is 0 Å². The molecular formula is C16H11Cl2F3N2O2. The van der Waals surface area contributed by atoms with Gasteiger partial charge in [0.15, 0.2) is 0 Å². The van der Waals surface area contributed by atoms with E-state index in [0.29, 0.717) is 0 Å². The first kappa shape index (κ1) is 19.1. The molecule has 2 N–H and O–H groups in total. The molecule has 0 atom stereocenters. The Labute approximate surface area is 150 Å². The number of rotatable bonds is 4. The molecule has 0 heterocycles. The zero-order valence-corrected chi connectivity index (χ0v) is 14.0. The maximum atomic E-state index is 12.6. The maximum absolute atomic E-state index is 12.6. The summed E-state index contributed by atoms with van der Waals surface area (Å²) in [5, 5.41) is 13.6. The van der Waals surface area contributed by atoms with E-state index < -0.39 is 17.6 Å². The number of phenols is 1. The van der Waals surface area contributed by atoms with Crippen molar-refractivity contribution in [1.82, 2.24) is 5.43 Å². The minimum Gasteiger partial charge on any atom is -0.506 e. The monoisotopic (exact) mass is 390 g/mol. The number of phenolic OH excluding ortho intramolecular Hbond substituents is 1. The van der Waals surface area contributed by atoms with E-state index in [1.165, 1.54) is 24.3 Å². The van der Waals surface area contributed by atoms with Crippen LogP contribution in [-0.2, 0) is 17.4 Å². The van der Waals surface area contributed by atoms with Crippen molar-refractivity contribution in [3.8, 4) is 5.75 Å². The number of hydrogen-bond donors (Lipinski definition) is 2. The van der Waals surface area contributed by atoms with Gasteiger partial charge in [-0.15, -0.1) is 0 Å². The summed E-state index contributed by atoms with van der Waals surface area (Å²) in [7, 11) is 0. The fraction of sp³-hybridized carbons (Fsp3) is 0.125. The van der Waals surface area contributed by atoms with Crippen molar-refractivity contribution in [3.05, 3.63) is 63.1 Å². The molecule has 2 rings (SSSR count). The molecule has 25 heavy (non-hydrogen) atoms. The van der Waals surface area contributed by atoms with Crippen LogP contribution in [0.15, 0.2) is 41.5 Å². The third-order valence-electron chi connectivity index (χ3n) is 3.07. The number of hydrazone groups is 1. The van der Waals surface area contributed by atoms with Gasteiger partial charge in [-0.1, -0.05) is 41.4 Å². The normalized spacial score (nSPS) is 11.7. The Kier molecular flexibility index (Phi) is 5.92. The number of nitrogens with one attached hydrogen (secondary N) is 1. The van der Waals surface area contributed by atoms with Gasteiger partial charge in [-0.2, -0.15) is 18.3 Å². The SMILES string of the molecule is O=C(Cc1cccc(C(F)(F)F)c1)N/N=C/c1cc(Cl)cc(Cl)c1O. The van der Waals surface area contributed by atoms with Gasteiger partial charge in [0.2, 0.25) is 5.91 Å². The minimum atomic E-state index is -4.48. The number of carbonyl (C=O) groups excluding carboxylic acids is 1. The molecule has 0 saturated carbocycles. The highest BCUT2D eigenvalue weighted by Gasteiger charge is 2.30. The first-order valence-corrected chi connectivity index (χ1v) is 7.58. The van der Waals surface area contributed by atoms with Crippen LogP contribution in [0.1, 0.15) is 16.7 Å². The van der Waals surface area contributed by atoms with Crippen LogP contribution in [0.2, 0.25) is 10.0 Å². The second-order valence-electron chi connectivity index (χ2n) is 4.99. The lowest BCUT2D eigenvalue weighted by Gasteiger charge is -2.08. The number of hydrogen-bond acceptors (Lipinski definition) is 3. The minimum absolute atomic E-state index is 0.0178. The van der Waals surface area contributed by atoms with Crippen LogP contribution in [0.25, 0.3) is 0 Å². The maximum Gasteiger partial charge on any atom is 0.416 e. The number of carbonyl (C=O) groups is 1. The van der Waals surface area contributed by atoms with Crippen molar-refractivity contribution in [1.29, 1.82) is 0 Å². The fourth-order valence-corrected chi connectivity index (χ4v) is 2.45. The second kappa shape index (κ2) is 7.76. The lowest BCUT2D eigenvalue weighted by Crippen LogP contribution is -2.20. The van der Waals surface area contributed by atoms with Crippen molar-refractivity contribution < 1.29 is 23.1 Å². The average Bonchev–Trinajstić information content (AvgIpc) is 2.51. The Bertz CT molecular complexity index is 824. The molecule has 0 aliphatic rings. The van der Waals surface area contributed by atoms with E-state index in [2.05, 4.69) is 10.5 Å². The number of halogens is 5. The molecule has 2 aromatic rings. The molecule has 2 aromatic carbocycles. The summed E-state index contributed by atoms with van der Waals surface area (Å²) >= 11 is 11.5. The zero-order chi connectivity index (χ0) is 18.6. The van der Waals surface area contributed by atoms with E-state index in [1.807, 2.05) is 0 Å². The molecular weight excluding hydrogens is 380 g/mol. The van der Waals surface area contributed by atoms with E-state index in [4.69, 9.17) is 23.2 Å². The molecule has 4 nitrogen and oxygen atoms in total. The van der Waals surface area contributed by atoms with E-state index in [1.54, 1.807) is 0 Å². The van der Waals surface area contributed by atoms with Crippen LogP contribution >= 0.6 is 23.2 Å². The fourth-order valence-electron chi connectivity index (χ4n) is 1.94. The van der Waals surface area contributed by atoms with Crippen LogP contribution in [-0.4, -0.2) is 17.2 Å². The lowest BCUT2D eigenvalue weighted by molar-refractivity contribution is -0.137. The molecule has 0 aliphatic carbocycles.